The summed E-state index contributed by atoms with van der Waals surface area (Å²) in [5, 5.41) is 5.25. The fourth-order valence-corrected chi connectivity index (χ4v) is 3.51. The highest BCUT2D eigenvalue weighted by atomic mass is 16.5. The zero-order valence-corrected chi connectivity index (χ0v) is 16.8. The molecule has 2 aromatic carbocycles. The molecule has 5 nitrogen and oxygen atoms in total. The van der Waals surface area contributed by atoms with Crippen molar-refractivity contribution >= 4 is 16.7 Å². The number of nitrogens with one attached hydrogen (secondary N) is 1. The van der Waals surface area contributed by atoms with E-state index < -0.39 is 0 Å². The molecular weight excluding hydrogens is 374 g/mol. The van der Waals surface area contributed by atoms with Crippen LogP contribution in [0.4, 0.5) is 0 Å². The minimum atomic E-state index is 0.00123. The van der Waals surface area contributed by atoms with Gasteiger partial charge in [-0.25, -0.2) is 0 Å². The first-order valence-corrected chi connectivity index (χ1v) is 9.91. The van der Waals surface area contributed by atoms with Crippen LogP contribution in [0.5, 0.6) is 5.75 Å². The van der Waals surface area contributed by atoms with Crippen molar-refractivity contribution in [3.63, 3.8) is 0 Å². The van der Waals surface area contributed by atoms with Gasteiger partial charge in [0, 0.05) is 42.7 Å². The standard InChI is InChI=1S/C25H23N3O2/c1-30-24-12-9-19-5-2-3-7-21(19)22(24)10-13-25(29)28-16-18-8-11-23(27-15-18)20-6-4-14-26-17-20/h2-9,11-12,14-15,17H,10,13,16H2,1H3,(H,28,29). The van der Waals surface area contributed by atoms with Crippen molar-refractivity contribution in [2.45, 2.75) is 19.4 Å². The van der Waals surface area contributed by atoms with Crippen LogP contribution in [-0.2, 0) is 17.8 Å². The molecule has 1 N–H and O–H groups in total. The van der Waals surface area contributed by atoms with E-state index in [1.165, 1.54) is 0 Å². The van der Waals surface area contributed by atoms with Gasteiger partial charge in [-0.2, -0.15) is 0 Å². The van der Waals surface area contributed by atoms with Gasteiger partial charge in [-0.05, 0) is 47.0 Å². The third kappa shape index (κ3) is 4.46. The summed E-state index contributed by atoms with van der Waals surface area (Å²) in [5.74, 6) is 0.818. The molecule has 0 atom stereocenters. The Morgan fingerprint density at radius 1 is 1.00 bits per heavy atom. The summed E-state index contributed by atoms with van der Waals surface area (Å²) in [4.78, 5) is 21.0. The van der Waals surface area contributed by atoms with Gasteiger partial charge in [-0.3, -0.25) is 14.8 Å². The molecule has 0 spiro atoms. The van der Waals surface area contributed by atoms with Crippen molar-refractivity contribution in [1.82, 2.24) is 15.3 Å². The van der Waals surface area contributed by atoms with E-state index in [9.17, 15) is 4.79 Å². The van der Waals surface area contributed by atoms with Crippen LogP contribution >= 0.6 is 0 Å². The fraction of sp³-hybridized carbons (Fsp3) is 0.160. The highest BCUT2D eigenvalue weighted by Gasteiger charge is 2.11. The van der Waals surface area contributed by atoms with Gasteiger partial charge in [0.1, 0.15) is 5.75 Å². The van der Waals surface area contributed by atoms with Gasteiger partial charge in [-0.1, -0.05) is 36.4 Å². The number of fused-ring (bicyclic) bond motifs is 1. The largest absolute Gasteiger partial charge is 0.496 e. The van der Waals surface area contributed by atoms with Gasteiger partial charge in [0.2, 0.25) is 5.91 Å². The number of carbonyl (C=O) groups excluding carboxylic acids is 1. The van der Waals surface area contributed by atoms with Crippen molar-refractivity contribution in [3.8, 4) is 17.0 Å². The third-order valence-electron chi connectivity index (χ3n) is 5.09. The lowest BCUT2D eigenvalue weighted by Crippen LogP contribution is -2.23. The van der Waals surface area contributed by atoms with Gasteiger partial charge in [0.25, 0.3) is 0 Å². The van der Waals surface area contributed by atoms with Crippen LogP contribution in [0.1, 0.15) is 17.5 Å². The van der Waals surface area contributed by atoms with Crippen LogP contribution in [0, 0.1) is 0 Å². The Morgan fingerprint density at radius 2 is 1.90 bits per heavy atom. The van der Waals surface area contributed by atoms with E-state index in [2.05, 4.69) is 27.4 Å². The van der Waals surface area contributed by atoms with Crippen molar-refractivity contribution in [1.29, 1.82) is 0 Å². The predicted molar refractivity (Wildman–Crippen MR) is 118 cm³/mol. The molecule has 0 radical (unpaired) electrons. The molecule has 0 aliphatic carbocycles. The van der Waals surface area contributed by atoms with Crippen LogP contribution in [0.2, 0.25) is 0 Å². The highest BCUT2D eigenvalue weighted by Crippen LogP contribution is 2.29. The molecule has 0 bridgehead atoms. The molecule has 150 valence electrons. The Morgan fingerprint density at radius 3 is 2.67 bits per heavy atom. The number of rotatable bonds is 7. The van der Waals surface area contributed by atoms with Crippen LogP contribution in [0.15, 0.2) is 79.3 Å². The molecule has 2 heterocycles. The molecule has 2 aromatic heterocycles. The van der Waals surface area contributed by atoms with Crippen LogP contribution in [0.3, 0.4) is 0 Å². The van der Waals surface area contributed by atoms with E-state index in [0.29, 0.717) is 19.4 Å². The van der Waals surface area contributed by atoms with E-state index in [1.807, 2.05) is 48.5 Å². The van der Waals surface area contributed by atoms with E-state index in [4.69, 9.17) is 4.74 Å². The molecular formula is C25H23N3O2. The maximum atomic E-state index is 12.4. The minimum absolute atomic E-state index is 0.00123. The number of ether oxygens (including phenoxy) is 1. The SMILES string of the molecule is COc1ccc2ccccc2c1CCC(=O)NCc1ccc(-c2cccnc2)nc1. The molecule has 30 heavy (non-hydrogen) atoms. The molecule has 0 unspecified atom stereocenters. The van der Waals surface area contributed by atoms with Crippen molar-refractivity contribution in [2.75, 3.05) is 7.11 Å². The Bertz CT molecular complexity index is 1140. The lowest BCUT2D eigenvalue weighted by atomic mass is 9.99. The Hall–Kier alpha value is -3.73. The fourth-order valence-electron chi connectivity index (χ4n) is 3.51. The zero-order valence-electron chi connectivity index (χ0n) is 16.8. The van der Waals surface area contributed by atoms with Gasteiger partial charge in [-0.15, -0.1) is 0 Å². The predicted octanol–water partition coefficient (Wildman–Crippen LogP) is 4.55. The number of hydrogen-bond acceptors (Lipinski definition) is 4. The first-order chi connectivity index (χ1) is 14.7. The monoisotopic (exact) mass is 397 g/mol. The summed E-state index contributed by atoms with van der Waals surface area (Å²) in [5.41, 5.74) is 3.85. The molecule has 0 aliphatic rings. The van der Waals surface area contributed by atoms with Crippen LogP contribution in [-0.4, -0.2) is 23.0 Å². The zero-order chi connectivity index (χ0) is 20.8. The summed E-state index contributed by atoms with van der Waals surface area (Å²) < 4.78 is 5.52. The second-order valence-corrected chi connectivity index (χ2v) is 7.04. The smallest absolute Gasteiger partial charge is 0.220 e. The van der Waals surface area contributed by atoms with Crippen LogP contribution < -0.4 is 10.1 Å². The Balaban J connectivity index is 1.36. The summed E-state index contributed by atoms with van der Waals surface area (Å²) >= 11 is 0. The molecule has 0 saturated carbocycles. The Kier molecular flexibility index (Phi) is 5.99. The lowest BCUT2D eigenvalue weighted by Gasteiger charge is -2.12. The number of aryl methyl sites for hydroxylation is 1. The average Bonchev–Trinajstić information content (AvgIpc) is 2.82. The first-order valence-electron chi connectivity index (χ1n) is 9.91. The number of hydrogen-bond donors (Lipinski definition) is 1. The normalized spacial score (nSPS) is 10.7. The van der Waals surface area contributed by atoms with E-state index in [1.54, 1.807) is 25.7 Å². The molecule has 0 saturated heterocycles. The highest BCUT2D eigenvalue weighted by molar-refractivity contribution is 5.88. The van der Waals surface area contributed by atoms with E-state index >= 15 is 0 Å². The van der Waals surface area contributed by atoms with Gasteiger partial charge >= 0.3 is 0 Å². The number of methoxy groups -OCH3 is 1. The summed E-state index contributed by atoms with van der Waals surface area (Å²) in [7, 11) is 1.66. The second kappa shape index (κ2) is 9.18. The quantitative estimate of drug-likeness (QED) is 0.497. The van der Waals surface area contributed by atoms with E-state index in [-0.39, 0.29) is 5.91 Å². The summed E-state index contributed by atoms with van der Waals surface area (Å²) in [6.07, 6.45) is 6.32. The van der Waals surface area contributed by atoms with Gasteiger partial charge in [0.15, 0.2) is 0 Å². The molecule has 0 aliphatic heterocycles. The Labute approximate surface area is 175 Å². The molecule has 4 rings (SSSR count). The third-order valence-corrected chi connectivity index (χ3v) is 5.09. The van der Waals surface area contributed by atoms with Crippen molar-refractivity contribution in [3.05, 3.63) is 90.4 Å². The average molecular weight is 397 g/mol. The van der Waals surface area contributed by atoms with Gasteiger partial charge in [0.05, 0.1) is 12.8 Å². The number of benzene rings is 2. The summed E-state index contributed by atoms with van der Waals surface area (Å²) in [6, 6.07) is 19.9. The molecule has 4 aromatic rings. The van der Waals surface area contributed by atoms with Crippen molar-refractivity contribution < 1.29 is 9.53 Å². The number of aromatic nitrogens is 2. The number of carbonyl (C=O) groups is 1. The van der Waals surface area contributed by atoms with Crippen LogP contribution in [0.25, 0.3) is 22.0 Å². The molecule has 0 fully saturated rings. The number of amides is 1. The van der Waals surface area contributed by atoms with E-state index in [0.717, 1.165) is 38.9 Å². The van der Waals surface area contributed by atoms with Gasteiger partial charge < -0.3 is 10.1 Å². The number of pyridine rings is 2. The molecule has 5 heteroatoms. The van der Waals surface area contributed by atoms with Crippen molar-refractivity contribution in [2.24, 2.45) is 0 Å². The maximum absolute atomic E-state index is 12.4. The lowest BCUT2D eigenvalue weighted by molar-refractivity contribution is -0.121. The second-order valence-electron chi connectivity index (χ2n) is 7.04. The topological polar surface area (TPSA) is 64.1 Å². The maximum Gasteiger partial charge on any atom is 0.220 e. The first kappa shape index (κ1) is 19.6. The molecule has 1 amide bonds. The number of nitrogens with zero attached hydrogens (tertiary/aromatic N) is 2. The summed E-state index contributed by atoms with van der Waals surface area (Å²) in [6.45, 7) is 0.450. The minimum Gasteiger partial charge on any atom is -0.496 e.